The van der Waals surface area contributed by atoms with Crippen molar-refractivity contribution >= 4 is 11.6 Å². The number of nitrogens with zero attached hydrogens (tertiary/aromatic N) is 1. The van der Waals surface area contributed by atoms with Crippen molar-refractivity contribution in [2.24, 2.45) is 5.73 Å². The highest BCUT2D eigenvalue weighted by molar-refractivity contribution is 5.97. The largest absolute Gasteiger partial charge is 0.324 e. The lowest BCUT2D eigenvalue weighted by Crippen LogP contribution is -2.33. The van der Waals surface area contributed by atoms with E-state index < -0.39 is 0 Å². The number of anilines is 1. The fourth-order valence-electron chi connectivity index (χ4n) is 3.55. The van der Waals surface area contributed by atoms with Crippen LogP contribution in [0.3, 0.4) is 0 Å². The zero-order valence-corrected chi connectivity index (χ0v) is 12.5. The second-order valence-electron chi connectivity index (χ2n) is 6.50. The molecule has 1 unspecified atom stereocenters. The van der Waals surface area contributed by atoms with Crippen LogP contribution in [0.15, 0.2) is 54.6 Å². The minimum Gasteiger partial charge on any atom is -0.324 e. The van der Waals surface area contributed by atoms with Gasteiger partial charge in [0.2, 0.25) is 5.91 Å². The Labute approximate surface area is 130 Å². The highest BCUT2D eigenvalue weighted by Gasteiger charge is 2.52. The molecule has 1 fully saturated rings. The molecule has 4 rings (SSSR count). The third-order valence-corrected chi connectivity index (χ3v) is 5.00. The van der Waals surface area contributed by atoms with Crippen molar-refractivity contribution in [2.75, 3.05) is 11.4 Å². The van der Waals surface area contributed by atoms with E-state index in [4.69, 9.17) is 5.73 Å². The van der Waals surface area contributed by atoms with Crippen LogP contribution in [0.5, 0.6) is 0 Å². The van der Waals surface area contributed by atoms with Gasteiger partial charge in [0.25, 0.3) is 0 Å². The number of nitrogens with two attached hydrogens (primary N) is 1. The van der Waals surface area contributed by atoms with Gasteiger partial charge in [0.15, 0.2) is 0 Å². The minimum absolute atomic E-state index is 0.132. The van der Waals surface area contributed by atoms with E-state index in [9.17, 15) is 4.79 Å². The lowest BCUT2D eigenvalue weighted by atomic mass is 9.99. The first-order chi connectivity index (χ1) is 10.7. The number of fused-ring (bicyclic) bond motifs is 2. The normalized spacial score (nSPS) is 19.0. The summed E-state index contributed by atoms with van der Waals surface area (Å²) in [6.07, 6.45) is 2.74. The van der Waals surface area contributed by atoms with Gasteiger partial charge in [-0.3, -0.25) is 4.79 Å². The molecule has 1 heterocycles. The Balaban J connectivity index is 1.55. The van der Waals surface area contributed by atoms with Gasteiger partial charge in [-0.05, 0) is 30.0 Å². The maximum atomic E-state index is 12.8. The molecule has 0 saturated heterocycles. The summed E-state index contributed by atoms with van der Waals surface area (Å²) < 4.78 is 0. The van der Waals surface area contributed by atoms with Crippen molar-refractivity contribution in [1.29, 1.82) is 0 Å². The smallest absolute Gasteiger partial charge is 0.228 e. The van der Waals surface area contributed by atoms with E-state index in [0.717, 1.165) is 17.8 Å². The molecule has 0 bridgehead atoms. The topological polar surface area (TPSA) is 46.3 Å². The van der Waals surface area contributed by atoms with Gasteiger partial charge in [-0.1, -0.05) is 48.5 Å². The van der Waals surface area contributed by atoms with Crippen LogP contribution in [0.25, 0.3) is 0 Å². The highest BCUT2D eigenvalue weighted by Crippen LogP contribution is 2.56. The molecular formula is C19H20N2O. The Morgan fingerprint density at radius 2 is 1.77 bits per heavy atom. The molecule has 1 atom stereocenters. The fraction of sp³-hybridized carbons (Fsp3) is 0.316. The molecule has 3 heteroatoms. The maximum absolute atomic E-state index is 12.8. The van der Waals surface area contributed by atoms with E-state index in [1.165, 1.54) is 18.4 Å². The molecule has 2 aliphatic rings. The molecule has 22 heavy (non-hydrogen) atoms. The first-order valence-electron chi connectivity index (χ1n) is 7.90. The Morgan fingerprint density at radius 1 is 1.09 bits per heavy atom. The van der Waals surface area contributed by atoms with E-state index in [1.54, 1.807) is 0 Å². The third kappa shape index (κ3) is 2.13. The number of rotatable bonds is 3. The molecule has 1 saturated carbocycles. The molecule has 1 aliphatic heterocycles. The van der Waals surface area contributed by atoms with Gasteiger partial charge in [0, 0.05) is 30.1 Å². The molecule has 2 aromatic carbocycles. The van der Waals surface area contributed by atoms with E-state index in [0.29, 0.717) is 6.42 Å². The number of amides is 1. The van der Waals surface area contributed by atoms with E-state index in [2.05, 4.69) is 18.2 Å². The van der Waals surface area contributed by atoms with Crippen LogP contribution in [-0.2, 0) is 10.2 Å². The van der Waals surface area contributed by atoms with Crippen molar-refractivity contribution in [3.05, 3.63) is 65.7 Å². The zero-order chi connectivity index (χ0) is 15.2. The molecule has 112 valence electrons. The molecular weight excluding hydrogens is 272 g/mol. The molecule has 3 nitrogen and oxygen atoms in total. The van der Waals surface area contributed by atoms with Crippen LogP contribution in [0.2, 0.25) is 0 Å². The lowest BCUT2D eigenvalue weighted by molar-refractivity contribution is -0.118. The molecule has 1 spiro atoms. The van der Waals surface area contributed by atoms with Gasteiger partial charge < -0.3 is 10.6 Å². The van der Waals surface area contributed by atoms with Crippen molar-refractivity contribution in [1.82, 2.24) is 0 Å². The van der Waals surface area contributed by atoms with Crippen molar-refractivity contribution < 1.29 is 4.79 Å². The van der Waals surface area contributed by atoms with Crippen LogP contribution >= 0.6 is 0 Å². The molecule has 0 radical (unpaired) electrons. The Kier molecular flexibility index (Phi) is 3.05. The lowest BCUT2D eigenvalue weighted by Gasteiger charge is -2.20. The molecule has 1 aliphatic carbocycles. The van der Waals surface area contributed by atoms with Crippen LogP contribution in [-0.4, -0.2) is 12.5 Å². The molecule has 0 aromatic heterocycles. The second-order valence-corrected chi connectivity index (χ2v) is 6.50. The van der Waals surface area contributed by atoms with E-state index in [1.807, 2.05) is 41.3 Å². The molecule has 2 aromatic rings. The van der Waals surface area contributed by atoms with Crippen LogP contribution in [0.4, 0.5) is 5.69 Å². The monoisotopic (exact) mass is 292 g/mol. The summed E-state index contributed by atoms with van der Waals surface area (Å²) in [7, 11) is 0. The number of carbonyl (C=O) groups is 1. The average molecular weight is 292 g/mol. The quantitative estimate of drug-likeness (QED) is 0.944. The van der Waals surface area contributed by atoms with Gasteiger partial charge in [0.05, 0.1) is 0 Å². The summed E-state index contributed by atoms with van der Waals surface area (Å²) in [5, 5.41) is 0. The van der Waals surface area contributed by atoms with Gasteiger partial charge in [0.1, 0.15) is 0 Å². The molecule has 2 N–H and O–H groups in total. The summed E-state index contributed by atoms with van der Waals surface area (Å²) in [4.78, 5) is 14.7. The minimum atomic E-state index is -0.239. The van der Waals surface area contributed by atoms with Crippen molar-refractivity contribution in [3.63, 3.8) is 0 Å². The summed E-state index contributed by atoms with van der Waals surface area (Å²) in [5.41, 5.74) is 9.91. The van der Waals surface area contributed by atoms with Gasteiger partial charge in [-0.15, -0.1) is 0 Å². The maximum Gasteiger partial charge on any atom is 0.228 e. The predicted octanol–water partition coefficient (Wildman–Crippen LogP) is 3.15. The molecule has 1 amide bonds. The average Bonchev–Trinajstić information content (AvgIpc) is 3.26. The van der Waals surface area contributed by atoms with E-state index >= 15 is 0 Å². The number of hydrogen-bond donors (Lipinski definition) is 1. The summed E-state index contributed by atoms with van der Waals surface area (Å²) in [6, 6.07) is 17.9. The van der Waals surface area contributed by atoms with Crippen molar-refractivity contribution in [2.45, 2.75) is 30.7 Å². The SMILES string of the molecule is NC(CC(=O)N1CC2(CC2)c2ccccc21)c1ccccc1. The van der Waals surface area contributed by atoms with Gasteiger partial charge >= 0.3 is 0 Å². The first-order valence-corrected chi connectivity index (χ1v) is 7.90. The summed E-state index contributed by atoms with van der Waals surface area (Å²) >= 11 is 0. The Hall–Kier alpha value is -2.13. The Bertz CT molecular complexity index is 706. The third-order valence-electron chi connectivity index (χ3n) is 5.00. The standard InChI is InChI=1S/C19H20N2O/c20-16(14-6-2-1-3-7-14)12-18(22)21-13-19(10-11-19)15-8-4-5-9-17(15)21/h1-9,16H,10-13,20H2. The Morgan fingerprint density at radius 3 is 2.50 bits per heavy atom. The fourth-order valence-corrected chi connectivity index (χ4v) is 3.55. The first kappa shape index (κ1) is 13.5. The van der Waals surface area contributed by atoms with Crippen LogP contribution in [0, 0.1) is 0 Å². The van der Waals surface area contributed by atoms with Crippen LogP contribution < -0.4 is 10.6 Å². The predicted molar refractivity (Wildman–Crippen MR) is 87.7 cm³/mol. The van der Waals surface area contributed by atoms with Crippen LogP contribution in [0.1, 0.15) is 36.4 Å². The number of benzene rings is 2. The number of hydrogen-bond acceptors (Lipinski definition) is 2. The second kappa shape index (κ2) is 4.96. The number of para-hydroxylation sites is 1. The summed E-state index contributed by atoms with van der Waals surface area (Å²) in [5.74, 6) is 0.132. The summed E-state index contributed by atoms with van der Waals surface area (Å²) in [6.45, 7) is 0.826. The van der Waals surface area contributed by atoms with Crippen molar-refractivity contribution in [3.8, 4) is 0 Å². The van der Waals surface area contributed by atoms with Gasteiger partial charge in [-0.2, -0.15) is 0 Å². The zero-order valence-electron chi connectivity index (χ0n) is 12.5. The van der Waals surface area contributed by atoms with E-state index in [-0.39, 0.29) is 17.4 Å². The highest BCUT2D eigenvalue weighted by atomic mass is 16.2. The van der Waals surface area contributed by atoms with Gasteiger partial charge in [-0.25, -0.2) is 0 Å². The number of carbonyl (C=O) groups excluding carboxylic acids is 1.